The van der Waals surface area contributed by atoms with Gasteiger partial charge in [-0.3, -0.25) is 4.90 Å². The summed E-state index contributed by atoms with van der Waals surface area (Å²) < 4.78 is 0. The summed E-state index contributed by atoms with van der Waals surface area (Å²) >= 11 is 1.79. The molecule has 1 fully saturated rings. The van der Waals surface area contributed by atoms with Gasteiger partial charge in [0.25, 0.3) is 0 Å². The minimum absolute atomic E-state index is 0.0775. The van der Waals surface area contributed by atoms with Crippen molar-refractivity contribution >= 4 is 11.3 Å². The maximum atomic E-state index is 3.70. The van der Waals surface area contributed by atoms with Crippen molar-refractivity contribution < 1.29 is 0 Å². The van der Waals surface area contributed by atoms with Gasteiger partial charge in [0.2, 0.25) is 0 Å². The van der Waals surface area contributed by atoms with E-state index in [1.807, 2.05) is 0 Å². The number of hydrogen-bond donors (Lipinski definition) is 1. The minimum atomic E-state index is 0.0775. The molecule has 3 rings (SSSR count). The maximum absolute atomic E-state index is 3.70. The van der Waals surface area contributed by atoms with Gasteiger partial charge >= 0.3 is 0 Å². The number of hydrogen-bond acceptors (Lipinski definition) is 3. The van der Waals surface area contributed by atoms with Gasteiger partial charge in [-0.2, -0.15) is 11.3 Å². The van der Waals surface area contributed by atoms with Crippen LogP contribution < -0.4 is 5.32 Å². The van der Waals surface area contributed by atoms with Gasteiger partial charge in [0.1, 0.15) is 0 Å². The van der Waals surface area contributed by atoms with Crippen molar-refractivity contribution in [3.8, 4) is 0 Å². The third kappa shape index (κ3) is 3.11. The van der Waals surface area contributed by atoms with Gasteiger partial charge in [0, 0.05) is 26.2 Å². The molecule has 1 aliphatic heterocycles. The predicted octanol–water partition coefficient (Wildman–Crippen LogP) is 3.11. The van der Waals surface area contributed by atoms with Gasteiger partial charge in [-0.25, -0.2) is 0 Å². The van der Waals surface area contributed by atoms with E-state index in [2.05, 4.69) is 64.3 Å². The van der Waals surface area contributed by atoms with Crippen molar-refractivity contribution in [1.82, 2.24) is 10.2 Å². The van der Waals surface area contributed by atoms with E-state index in [9.17, 15) is 0 Å². The zero-order valence-electron chi connectivity index (χ0n) is 12.0. The fourth-order valence-corrected chi connectivity index (χ4v) is 3.69. The summed E-state index contributed by atoms with van der Waals surface area (Å²) in [6.45, 7) is 6.77. The van der Waals surface area contributed by atoms with E-state index in [0.717, 1.165) is 32.6 Å². The van der Waals surface area contributed by atoms with Gasteiger partial charge in [0.05, 0.1) is 5.54 Å². The van der Waals surface area contributed by atoms with Crippen molar-refractivity contribution in [3.05, 3.63) is 58.3 Å². The van der Waals surface area contributed by atoms with E-state index in [0.29, 0.717) is 0 Å². The van der Waals surface area contributed by atoms with E-state index >= 15 is 0 Å². The molecule has 1 unspecified atom stereocenters. The van der Waals surface area contributed by atoms with E-state index in [1.54, 1.807) is 11.3 Å². The summed E-state index contributed by atoms with van der Waals surface area (Å²) in [7, 11) is 0. The lowest BCUT2D eigenvalue weighted by molar-refractivity contribution is 0.144. The summed E-state index contributed by atoms with van der Waals surface area (Å²) in [5.74, 6) is 0. The highest BCUT2D eigenvalue weighted by Gasteiger charge is 2.31. The topological polar surface area (TPSA) is 15.3 Å². The number of thiophene rings is 1. The Hall–Kier alpha value is -1.16. The Labute approximate surface area is 125 Å². The second-order valence-corrected chi connectivity index (χ2v) is 6.56. The number of benzene rings is 1. The van der Waals surface area contributed by atoms with Crippen molar-refractivity contribution in [2.75, 3.05) is 26.2 Å². The summed E-state index contributed by atoms with van der Waals surface area (Å²) in [5.41, 5.74) is 2.93. The minimum Gasteiger partial charge on any atom is -0.305 e. The van der Waals surface area contributed by atoms with Crippen LogP contribution in [0.5, 0.6) is 0 Å². The summed E-state index contributed by atoms with van der Waals surface area (Å²) in [4.78, 5) is 2.58. The highest BCUT2D eigenvalue weighted by atomic mass is 32.1. The average Bonchev–Trinajstić information content (AvgIpc) is 3.00. The fourth-order valence-electron chi connectivity index (χ4n) is 2.98. The molecule has 1 aromatic heterocycles. The number of piperazine rings is 1. The van der Waals surface area contributed by atoms with Gasteiger partial charge in [-0.1, -0.05) is 30.3 Å². The monoisotopic (exact) mass is 286 g/mol. The highest BCUT2D eigenvalue weighted by molar-refractivity contribution is 7.07. The standard InChI is InChI=1S/C17H22N2S/c1-17(16-5-3-2-4-6-16)14-19(11-9-18-17)10-7-15-8-12-20-13-15/h2-6,8,12-13,18H,7,9-11,14H2,1H3. The Bertz CT molecular complexity index is 523. The average molecular weight is 286 g/mol. The molecule has 0 spiro atoms. The zero-order valence-corrected chi connectivity index (χ0v) is 12.8. The quantitative estimate of drug-likeness (QED) is 0.929. The second-order valence-electron chi connectivity index (χ2n) is 5.78. The first-order valence-electron chi connectivity index (χ1n) is 7.30. The predicted molar refractivity (Wildman–Crippen MR) is 86.3 cm³/mol. The van der Waals surface area contributed by atoms with E-state index < -0.39 is 0 Å². The fraction of sp³-hybridized carbons (Fsp3) is 0.412. The molecule has 1 aliphatic rings. The van der Waals surface area contributed by atoms with Crippen LogP contribution in [0.2, 0.25) is 0 Å². The zero-order chi connectivity index (χ0) is 13.8. The van der Waals surface area contributed by atoms with Crippen LogP contribution in [0, 0.1) is 0 Å². The van der Waals surface area contributed by atoms with Crippen LogP contribution in [0.25, 0.3) is 0 Å². The van der Waals surface area contributed by atoms with Crippen LogP contribution in [-0.4, -0.2) is 31.1 Å². The Balaban J connectivity index is 1.64. The molecule has 1 saturated heterocycles. The van der Waals surface area contributed by atoms with E-state index in [1.165, 1.54) is 11.1 Å². The van der Waals surface area contributed by atoms with Crippen LogP contribution in [0.15, 0.2) is 47.2 Å². The SMILES string of the molecule is CC1(c2ccccc2)CN(CCc2ccsc2)CCN1. The lowest BCUT2D eigenvalue weighted by atomic mass is 9.89. The molecule has 0 radical (unpaired) electrons. The van der Waals surface area contributed by atoms with Gasteiger partial charge < -0.3 is 5.32 Å². The van der Waals surface area contributed by atoms with Crippen molar-refractivity contribution in [2.45, 2.75) is 18.9 Å². The molecule has 0 amide bonds. The van der Waals surface area contributed by atoms with Crippen LogP contribution in [0.3, 0.4) is 0 Å². The molecule has 106 valence electrons. The van der Waals surface area contributed by atoms with Gasteiger partial charge in [-0.15, -0.1) is 0 Å². The lowest BCUT2D eigenvalue weighted by Crippen LogP contribution is -2.56. The molecule has 1 N–H and O–H groups in total. The number of nitrogens with one attached hydrogen (secondary N) is 1. The molecule has 20 heavy (non-hydrogen) atoms. The summed E-state index contributed by atoms with van der Waals surface area (Å²) in [6, 6.07) is 13.1. The Kier molecular flexibility index (Phi) is 4.20. The Morgan fingerprint density at radius 1 is 1.25 bits per heavy atom. The molecule has 1 aromatic carbocycles. The maximum Gasteiger partial charge on any atom is 0.0535 e. The Morgan fingerprint density at radius 2 is 2.10 bits per heavy atom. The Morgan fingerprint density at radius 3 is 2.85 bits per heavy atom. The third-order valence-corrected chi connectivity index (χ3v) is 4.92. The van der Waals surface area contributed by atoms with Crippen LogP contribution >= 0.6 is 11.3 Å². The molecule has 2 aromatic rings. The summed E-state index contributed by atoms with van der Waals surface area (Å²) in [5, 5.41) is 8.13. The number of nitrogens with zero attached hydrogens (tertiary/aromatic N) is 1. The summed E-state index contributed by atoms with van der Waals surface area (Å²) in [6.07, 6.45) is 1.16. The molecule has 1 atom stereocenters. The smallest absolute Gasteiger partial charge is 0.0535 e. The van der Waals surface area contributed by atoms with Gasteiger partial charge in [-0.05, 0) is 41.3 Å². The first-order valence-corrected chi connectivity index (χ1v) is 8.24. The van der Waals surface area contributed by atoms with Crippen molar-refractivity contribution in [3.63, 3.8) is 0 Å². The van der Waals surface area contributed by atoms with E-state index in [-0.39, 0.29) is 5.54 Å². The van der Waals surface area contributed by atoms with Crippen LogP contribution in [0.4, 0.5) is 0 Å². The molecule has 2 heterocycles. The molecule has 3 heteroatoms. The molecular formula is C17H22N2S. The van der Waals surface area contributed by atoms with Crippen LogP contribution in [-0.2, 0) is 12.0 Å². The molecule has 0 bridgehead atoms. The normalized spacial score (nSPS) is 23.9. The number of rotatable bonds is 4. The van der Waals surface area contributed by atoms with Gasteiger partial charge in [0.15, 0.2) is 0 Å². The molecule has 2 nitrogen and oxygen atoms in total. The second kappa shape index (κ2) is 6.08. The first-order chi connectivity index (χ1) is 9.76. The highest BCUT2D eigenvalue weighted by Crippen LogP contribution is 2.24. The molecule has 0 saturated carbocycles. The third-order valence-electron chi connectivity index (χ3n) is 4.19. The largest absolute Gasteiger partial charge is 0.305 e. The van der Waals surface area contributed by atoms with Crippen molar-refractivity contribution in [2.24, 2.45) is 0 Å². The molecule has 0 aliphatic carbocycles. The molecular weight excluding hydrogens is 264 g/mol. The lowest BCUT2D eigenvalue weighted by Gasteiger charge is -2.42. The van der Waals surface area contributed by atoms with Crippen molar-refractivity contribution in [1.29, 1.82) is 0 Å². The first kappa shape index (κ1) is 13.8. The van der Waals surface area contributed by atoms with E-state index in [4.69, 9.17) is 0 Å². The van der Waals surface area contributed by atoms with Crippen LogP contribution in [0.1, 0.15) is 18.1 Å².